The quantitative estimate of drug-likeness (QED) is 0.820. The van der Waals surface area contributed by atoms with Gasteiger partial charge in [0.15, 0.2) is 11.6 Å². The molecule has 0 fully saturated rings. The molecule has 5 heteroatoms. The Labute approximate surface area is 85.4 Å². The van der Waals surface area contributed by atoms with Gasteiger partial charge < -0.3 is 15.0 Å². The first-order valence-corrected chi connectivity index (χ1v) is 4.27. The molecule has 4 nitrogen and oxygen atoms in total. The molecule has 0 aliphatic heterocycles. The van der Waals surface area contributed by atoms with Crippen LogP contribution in [0.2, 0.25) is 0 Å². The van der Waals surface area contributed by atoms with E-state index >= 15 is 0 Å². The molecule has 1 aromatic carbocycles. The fraction of sp³-hybridized carbons (Fsp3) is 0.100. The van der Waals surface area contributed by atoms with Crippen LogP contribution in [0.1, 0.15) is 0 Å². The summed E-state index contributed by atoms with van der Waals surface area (Å²) in [7, 11) is 1.47. The lowest BCUT2D eigenvalue weighted by molar-refractivity contribution is 0.410. The van der Waals surface area contributed by atoms with Crippen LogP contribution in [0.3, 0.4) is 0 Å². The largest absolute Gasteiger partial charge is 0.497 e. The highest BCUT2D eigenvalue weighted by Gasteiger charge is 2.10. The Morgan fingerprint density at radius 3 is 2.73 bits per heavy atom. The number of hydrogen-bond acceptors (Lipinski definition) is 4. The van der Waals surface area contributed by atoms with Gasteiger partial charge in [0, 0.05) is 12.1 Å². The van der Waals surface area contributed by atoms with Crippen LogP contribution >= 0.6 is 0 Å². The number of nitrogens with zero attached hydrogens (tertiary/aromatic N) is 1. The summed E-state index contributed by atoms with van der Waals surface area (Å²) in [6.45, 7) is 0. The van der Waals surface area contributed by atoms with Gasteiger partial charge in [-0.25, -0.2) is 4.39 Å². The normalized spacial score (nSPS) is 10.3. The molecule has 0 saturated carbocycles. The zero-order valence-corrected chi connectivity index (χ0v) is 8.03. The Morgan fingerprint density at radius 2 is 2.20 bits per heavy atom. The van der Waals surface area contributed by atoms with Crippen LogP contribution in [0.4, 0.5) is 10.2 Å². The van der Waals surface area contributed by atoms with Crippen molar-refractivity contribution in [2.75, 3.05) is 12.8 Å². The van der Waals surface area contributed by atoms with E-state index in [0.29, 0.717) is 17.1 Å². The molecule has 1 heterocycles. The zero-order chi connectivity index (χ0) is 10.8. The standard InChI is InChI=1S/C10H9FN2O2/c1-14-6-2-3-7(8(11)4-6)9-5-10(12)13-15-9/h2-5H,1H3,(H2,12,13). The Hall–Kier alpha value is -2.04. The second kappa shape index (κ2) is 3.61. The minimum atomic E-state index is -0.439. The molecule has 2 N–H and O–H groups in total. The van der Waals surface area contributed by atoms with Crippen molar-refractivity contribution in [3.63, 3.8) is 0 Å². The van der Waals surface area contributed by atoms with Gasteiger partial charge in [-0.3, -0.25) is 0 Å². The summed E-state index contributed by atoms with van der Waals surface area (Å²) in [5, 5.41) is 3.48. The SMILES string of the molecule is COc1ccc(-c2cc(N)no2)c(F)c1. The van der Waals surface area contributed by atoms with Crippen LogP contribution in [0.25, 0.3) is 11.3 Å². The second-order valence-electron chi connectivity index (χ2n) is 2.96. The highest BCUT2D eigenvalue weighted by molar-refractivity contribution is 5.61. The number of ether oxygens (including phenoxy) is 1. The first-order chi connectivity index (χ1) is 7.20. The molecule has 78 valence electrons. The fourth-order valence-electron chi connectivity index (χ4n) is 1.24. The van der Waals surface area contributed by atoms with E-state index in [0.717, 1.165) is 0 Å². The molecule has 0 unspecified atom stereocenters. The van der Waals surface area contributed by atoms with Gasteiger partial charge in [-0.15, -0.1) is 0 Å². The van der Waals surface area contributed by atoms with E-state index in [-0.39, 0.29) is 5.82 Å². The number of methoxy groups -OCH3 is 1. The average molecular weight is 208 g/mol. The van der Waals surface area contributed by atoms with Crippen molar-refractivity contribution >= 4 is 5.82 Å². The number of aromatic nitrogens is 1. The molecule has 0 aliphatic carbocycles. The van der Waals surface area contributed by atoms with E-state index in [1.807, 2.05) is 0 Å². The zero-order valence-electron chi connectivity index (χ0n) is 8.03. The van der Waals surface area contributed by atoms with E-state index < -0.39 is 5.82 Å². The molecule has 2 aromatic rings. The third-order valence-electron chi connectivity index (χ3n) is 1.97. The van der Waals surface area contributed by atoms with Crippen molar-refractivity contribution in [1.29, 1.82) is 0 Å². The number of nitrogens with two attached hydrogens (primary N) is 1. The Balaban J connectivity index is 2.45. The van der Waals surface area contributed by atoms with Gasteiger partial charge in [0.25, 0.3) is 0 Å². The van der Waals surface area contributed by atoms with Crippen LogP contribution < -0.4 is 10.5 Å². The molecular weight excluding hydrogens is 199 g/mol. The summed E-state index contributed by atoms with van der Waals surface area (Å²) in [4.78, 5) is 0. The molecule has 15 heavy (non-hydrogen) atoms. The van der Waals surface area contributed by atoms with Crippen LogP contribution in [0.15, 0.2) is 28.8 Å². The van der Waals surface area contributed by atoms with Crippen LogP contribution in [0.5, 0.6) is 5.75 Å². The lowest BCUT2D eigenvalue weighted by Crippen LogP contribution is -1.87. The van der Waals surface area contributed by atoms with Crippen molar-refractivity contribution < 1.29 is 13.7 Å². The Morgan fingerprint density at radius 1 is 1.40 bits per heavy atom. The molecule has 0 aliphatic rings. The van der Waals surface area contributed by atoms with Crippen molar-refractivity contribution in [2.24, 2.45) is 0 Å². The van der Waals surface area contributed by atoms with Gasteiger partial charge in [-0.1, -0.05) is 5.16 Å². The van der Waals surface area contributed by atoms with E-state index in [9.17, 15) is 4.39 Å². The highest BCUT2D eigenvalue weighted by atomic mass is 19.1. The second-order valence-corrected chi connectivity index (χ2v) is 2.96. The minimum Gasteiger partial charge on any atom is -0.497 e. The lowest BCUT2D eigenvalue weighted by atomic mass is 10.1. The number of rotatable bonds is 2. The smallest absolute Gasteiger partial charge is 0.172 e. The average Bonchev–Trinajstić information content (AvgIpc) is 2.64. The number of nitrogen functional groups attached to an aromatic ring is 1. The molecule has 0 spiro atoms. The van der Waals surface area contributed by atoms with Gasteiger partial charge in [-0.05, 0) is 12.1 Å². The van der Waals surface area contributed by atoms with Crippen LogP contribution in [0, 0.1) is 5.82 Å². The fourth-order valence-corrected chi connectivity index (χ4v) is 1.24. The van der Waals surface area contributed by atoms with Crippen molar-refractivity contribution in [1.82, 2.24) is 5.16 Å². The summed E-state index contributed by atoms with van der Waals surface area (Å²) in [6.07, 6.45) is 0. The first-order valence-electron chi connectivity index (χ1n) is 4.27. The van der Waals surface area contributed by atoms with Gasteiger partial charge >= 0.3 is 0 Å². The van der Waals surface area contributed by atoms with E-state index in [4.69, 9.17) is 15.0 Å². The van der Waals surface area contributed by atoms with Crippen molar-refractivity contribution in [2.45, 2.75) is 0 Å². The van der Waals surface area contributed by atoms with E-state index in [1.165, 1.54) is 19.2 Å². The molecular formula is C10H9FN2O2. The van der Waals surface area contributed by atoms with Gasteiger partial charge in [0.05, 0.1) is 12.7 Å². The van der Waals surface area contributed by atoms with Gasteiger partial charge in [-0.2, -0.15) is 0 Å². The molecule has 1 aromatic heterocycles. The summed E-state index contributed by atoms with van der Waals surface area (Å²) in [6, 6.07) is 5.92. The van der Waals surface area contributed by atoms with Crippen molar-refractivity contribution in [3.05, 3.63) is 30.1 Å². The molecule has 0 radical (unpaired) electrons. The van der Waals surface area contributed by atoms with Crippen LogP contribution in [-0.2, 0) is 0 Å². The minimum absolute atomic E-state index is 0.222. The summed E-state index contributed by atoms with van der Waals surface area (Å²) in [5.41, 5.74) is 5.68. The topological polar surface area (TPSA) is 61.3 Å². The number of halogens is 1. The number of benzene rings is 1. The summed E-state index contributed by atoms with van der Waals surface area (Å²) < 4.78 is 23.3. The maximum atomic E-state index is 13.5. The summed E-state index contributed by atoms with van der Waals surface area (Å²) in [5.74, 6) is 0.530. The maximum absolute atomic E-state index is 13.5. The molecule has 2 rings (SSSR count). The molecule has 0 bridgehead atoms. The van der Waals surface area contributed by atoms with Gasteiger partial charge in [0.2, 0.25) is 0 Å². The predicted octanol–water partition coefficient (Wildman–Crippen LogP) is 2.07. The monoisotopic (exact) mass is 208 g/mol. The lowest BCUT2D eigenvalue weighted by Gasteiger charge is -2.01. The number of anilines is 1. The third-order valence-corrected chi connectivity index (χ3v) is 1.97. The van der Waals surface area contributed by atoms with Gasteiger partial charge in [0.1, 0.15) is 11.6 Å². The van der Waals surface area contributed by atoms with E-state index in [1.54, 1.807) is 12.1 Å². The Kier molecular flexibility index (Phi) is 2.29. The maximum Gasteiger partial charge on any atom is 0.172 e. The third kappa shape index (κ3) is 1.76. The molecule has 0 saturated heterocycles. The molecule has 0 amide bonds. The Bertz CT molecular complexity index is 482. The first kappa shape index (κ1) is 9.51. The predicted molar refractivity (Wildman–Crippen MR) is 52.9 cm³/mol. The summed E-state index contributed by atoms with van der Waals surface area (Å²) >= 11 is 0. The van der Waals surface area contributed by atoms with E-state index in [2.05, 4.69) is 5.16 Å². The van der Waals surface area contributed by atoms with Crippen LogP contribution in [-0.4, -0.2) is 12.3 Å². The van der Waals surface area contributed by atoms with Crippen molar-refractivity contribution in [3.8, 4) is 17.1 Å². The molecule has 0 atom stereocenters. The number of hydrogen-bond donors (Lipinski definition) is 1. The highest BCUT2D eigenvalue weighted by Crippen LogP contribution is 2.27.